The van der Waals surface area contributed by atoms with Crippen LogP contribution in [0.25, 0.3) is 0 Å². The number of alkyl halides is 3. The quantitative estimate of drug-likeness (QED) is 0.832. The van der Waals surface area contributed by atoms with E-state index < -0.39 is 11.7 Å². The number of rotatable bonds is 1. The Labute approximate surface area is 90.9 Å². The molecule has 0 bridgehead atoms. The zero-order valence-corrected chi connectivity index (χ0v) is 9.22. The van der Waals surface area contributed by atoms with Crippen molar-refractivity contribution in [2.75, 3.05) is 0 Å². The highest BCUT2D eigenvalue weighted by atomic mass is 79.9. The first-order valence-corrected chi connectivity index (χ1v) is 3.84. The van der Waals surface area contributed by atoms with Gasteiger partial charge in [-0.3, -0.25) is 0 Å². The Kier molecular flexibility index (Phi) is 4.61. The van der Waals surface area contributed by atoms with E-state index >= 15 is 0 Å². The molecule has 0 heterocycles. The standard InChI is InChI=1S/C9H10F3N.BrH/c1-6(13)7-2-4-8(5-3-7)9(10,11)12;/h2-6H,13H2,1H3;1H. The van der Waals surface area contributed by atoms with Crippen LogP contribution in [0.4, 0.5) is 13.2 Å². The van der Waals surface area contributed by atoms with Crippen LogP contribution in [0.3, 0.4) is 0 Å². The van der Waals surface area contributed by atoms with Crippen LogP contribution in [0.15, 0.2) is 24.3 Å². The fourth-order valence-corrected chi connectivity index (χ4v) is 0.976. The van der Waals surface area contributed by atoms with E-state index in [1.165, 1.54) is 12.1 Å². The van der Waals surface area contributed by atoms with Crippen LogP contribution in [-0.2, 0) is 6.18 Å². The third kappa shape index (κ3) is 3.31. The molecule has 0 saturated heterocycles. The maximum absolute atomic E-state index is 12.1. The average molecular weight is 270 g/mol. The number of hydrogen-bond acceptors (Lipinski definition) is 1. The van der Waals surface area contributed by atoms with Crippen molar-refractivity contribution in [1.29, 1.82) is 0 Å². The molecule has 80 valence electrons. The predicted octanol–water partition coefficient (Wildman–Crippen LogP) is 3.30. The van der Waals surface area contributed by atoms with Crippen molar-refractivity contribution in [3.05, 3.63) is 35.4 Å². The third-order valence-electron chi connectivity index (χ3n) is 1.76. The van der Waals surface area contributed by atoms with Gasteiger partial charge in [0.1, 0.15) is 0 Å². The first-order chi connectivity index (χ1) is 5.91. The summed E-state index contributed by atoms with van der Waals surface area (Å²) in [6.45, 7) is 1.72. The molecule has 1 aromatic rings. The third-order valence-corrected chi connectivity index (χ3v) is 1.76. The fraction of sp³-hybridized carbons (Fsp3) is 0.333. The zero-order chi connectivity index (χ0) is 10.1. The van der Waals surface area contributed by atoms with E-state index in [4.69, 9.17) is 5.73 Å². The van der Waals surface area contributed by atoms with Gasteiger partial charge in [0, 0.05) is 6.04 Å². The van der Waals surface area contributed by atoms with Crippen LogP contribution in [0, 0.1) is 0 Å². The molecule has 1 unspecified atom stereocenters. The minimum Gasteiger partial charge on any atom is -0.324 e. The van der Waals surface area contributed by atoms with Crippen LogP contribution in [0.2, 0.25) is 0 Å². The average Bonchev–Trinajstić information content (AvgIpc) is 2.03. The molecule has 2 N–H and O–H groups in total. The van der Waals surface area contributed by atoms with Gasteiger partial charge in [-0.15, -0.1) is 17.0 Å². The van der Waals surface area contributed by atoms with E-state index in [0.717, 1.165) is 12.1 Å². The van der Waals surface area contributed by atoms with Crippen molar-refractivity contribution in [2.45, 2.75) is 19.1 Å². The van der Waals surface area contributed by atoms with E-state index in [9.17, 15) is 13.2 Å². The van der Waals surface area contributed by atoms with Gasteiger partial charge in [0.15, 0.2) is 0 Å². The Bertz CT molecular complexity index is 279. The summed E-state index contributed by atoms with van der Waals surface area (Å²) in [5, 5.41) is 0. The highest BCUT2D eigenvalue weighted by Gasteiger charge is 2.29. The molecule has 1 rings (SSSR count). The first kappa shape index (κ1) is 13.4. The fourth-order valence-electron chi connectivity index (χ4n) is 0.976. The van der Waals surface area contributed by atoms with Crippen molar-refractivity contribution in [2.24, 2.45) is 5.73 Å². The Balaban J connectivity index is 0.00000169. The van der Waals surface area contributed by atoms with Gasteiger partial charge in [0.25, 0.3) is 0 Å². The van der Waals surface area contributed by atoms with Crippen LogP contribution in [0.5, 0.6) is 0 Å². The molecule has 0 aliphatic carbocycles. The topological polar surface area (TPSA) is 26.0 Å². The Morgan fingerprint density at radius 2 is 1.57 bits per heavy atom. The lowest BCUT2D eigenvalue weighted by atomic mass is 10.1. The van der Waals surface area contributed by atoms with Crippen molar-refractivity contribution < 1.29 is 13.2 Å². The minimum atomic E-state index is -4.27. The number of halogens is 4. The summed E-state index contributed by atoms with van der Waals surface area (Å²) in [7, 11) is 0. The lowest BCUT2D eigenvalue weighted by molar-refractivity contribution is -0.137. The summed E-state index contributed by atoms with van der Waals surface area (Å²) in [4.78, 5) is 0. The summed E-state index contributed by atoms with van der Waals surface area (Å²) in [5.41, 5.74) is 5.55. The van der Waals surface area contributed by atoms with Crippen LogP contribution < -0.4 is 5.73 Å². The molecule has 0 saturated carbocycles. The molecule has 1 atom stereocenters. The predicted molar refractivity (Wildman–Crippen MR) is 54.4 cm³/mol. The SMILES string of the molecule is Br.CC(N)c1ccc(C(F)(F)F)cc1. The second kappa shape index (κ2) is 4.79. The van der Waals surface area contributed by atoms with Crippen LogP contribution >= 0.6 is 17.0 Å². The second-order valence-corrected chi connectivity index (χ2v) is 2.91. The van der Waals surface area contributed by atoms with Crippen LogP contribution in [-0.4, -0.2) is 0 Å². The maximum atomic E-state index is 12.1. The normalized spacial score (nSPS) is 13.2. The van der Waals surface area contributed by atoms with Gasteiger partial charge >= 0.3 is 6.18 Å². The van der Waals surface area contributed by atoms with E-state index in [1.807, 2.05) is 0 Å². The molecule has 1 aromatic carbocycles. The molecule has 0 spiro atoms. The highest BCUT2D eigenvalue weighted by Crippen LogP contribution is 2.29. The van der Waals surface area contributed by atoms with Gasteiger partial charge in [0.2, 0.25) is 0 Å². The van der Waals surface area contributed by atoms with Gasteiger partial charge in [0.05, 0.1) is 5.56 Å². The van der Waals surface area contributed by atoms with E-state index in [-0.39, 0.29) is 23.0 Å². The lowest BCUT2D eigenvalue weighted by Gasteiger charge is -2.09. The van der Waals surface area contributed by atoms with Gasteiger partial charge in [-0.25, -0.2) is 0 Å². The maximum Gasteiger partial charge on any atom is 0.416 e. The van der Waals surface area contributed by atoms with Crippen molar-refractivity contribution in [3.63, 3.8) is 0 Å². The minimum absolute atomic E-state index is 0. The van der Waals surface area contributed by atoms with Gasteiger partial charge < -0.3 is 5.73 Å². The van der Waals surface area contributed by atoms with Gasteiger partial charge in [-0.05, 0) is 24.6 Å². The summed E-state index contributed by atoms with van der Waals surface area (Å²) < 4.78 is 36.3. The number of benzene rings is 1. The lowest BCUT2D eigenvalue weighted by Crippen LogP contribution is -2.07. The molecule has 0 aliphatic heterocycles. The molecule has 1 nitrogen and oxygen atoms in total. The largest absolute Gasteiger partial charge is 0.416 e. The zero-order valence-electron chi connectivity index (χ0n) is 7.51. The smallest absolute Gasteiger partial charge is 0.324 e. The summed E-state index contributed by atoms with van der Waals surface area (Å²) in [6, 6.07) is 4.64. The summed E-state index contributed by atoms with van der Waals surface area (Å²) >= 11 is 0. The highest BCUT2D eigenvalue weighted by molar-refractivity contribution is 8.93. The van der Waals surface area contributed by atoms with Crippen LogP contribution in [0.1, 0.15) is 24.1 Å². The summed E-state index contributed by atoms with van der Waals surface area (Å²) in [5.74, 6) is 0. The van der Waals surface area contributed by atoms with Crippen molar-refractivity contribution in [3.8, 4) is 0 Å². The van der Waals surface area contributed by atoms with Gasteiger partial charge in [-0.2, -0.15) is 13.2 Å². The van der Waals surface area contributed by atoms with Crippen molar-refractivity contribution in [1.82, 2.24) is 0 Å². The molecule has 0 amide bonds. The monoisotopic (exact) mass is 269 g/mol. The molecule has 14 heavy (non-hydrogen) atoms. The molecule has 5 heteroatoms. The Morgan fingerprint density at radius 1 is 1.14 bits per heavy atom. The number of nitrogens with two attached hydrogens (primary N) is 1. The van der Waals surface area contributed by atoms with E-state index in [0.29, 0.717) is 5.56 Å². The van der Waals surface area contributed by atoms with Crippen molar-refractivity contribution >= 4 is 17.0 Å². The Morgan fingerprint density at radius 3 is 1.86 bits per heavy atom. The second-order valence-electron chi connectivity index (χ2n) is 2.91. The molecule has 0 aromatic heterocycles. The molecular weight excluding hydrogens is 259 g/mol. The molecular formula is C9H11BrF3N. The number of hydrogen-bond donors (Lipinski definition) is 1. The first-order valence-electron chi connectivity index (χ1n) is 3.84. The van der Waals surface area contributed by atoms with E-state index in [1.54, 1.807) is 6.92 Å². The Hall–Kier alpha value is -0.550. The summed E-state index contributed by atoms with van der Waals surface area (Å²) in [6.07, 6.45) is -4.27. The molecule has 0 fully saturated rings. The van der Waals surface area contributed by atoms with Gasteiger partial charge in [-0.1, -0.05) is 12.1 Å². The molecule has 0 aliphatic rings. The van der Waals surface area contributed by atoms with E-state index in [2.05, 4.69) is 0 Å². The molecule has 0 radical (unpaired) electrons.